The largest absolute Gasteiger partial charge is 0.756 e. The zero-order chi connectivity index (χ0) is 22.7. The van der Waals surface area contributed by atoms with Gasteiger partial charge in [0.15, 0.2) is 0 Å². The van der Waals surface area contributed by atoms with Crippen molar-refractivity contribution in [3.05, 3.63) is 0 Å². The lowest BCUT2D eigenvalue weighted by molar-refractivity contribution is -0.870. The zero-order valence-corrected chi connectivity index (χ0v) is 21.1. The van der Waals surface area contributed by atoms with E-state index in [1.54, 1.807) is 0 Å². The molecule has 0 fully saturated rings. The van der Waals surface area contributed by atoms with Gasteiger partial charge in [-0.05, 0) is 13.3 Å². The van der Waals surface area contributed by atoms with Crippen molar-refractivity contribution in [2.75, 3.05) is 60.7 Å². The van der Waals surface area contributed by atoms with Gasteiger partial charge in [0.25, 0.3) is 7.82 Å². The molecule has 0 N–H and O–H groups in total. The molecule has 30 heavy (non-hydrogen) atoms. The first-order valence-corrected chi connectivity index (χ1v) is 13.3. The van der Waals surface area contributed by atoms with Crippen molar-refractivity contribution >= 4 is 7.82 Å². The first-order chi connectivity index (χ1) is 14.2. The lowest BCUT2D eigenvalue weighted by Gasteiger charge is -2.28. The van der Waals surface area contributed by atoms with Gasteiger partial charge < -0.3 is 27.9 Å². The molecule has 0 spiro atoms. The predicted octanol–water partition coefficient (Wildman–Crippen LogP) is 4.54. The zero-order valence-electron chi connectivity index (χ0n) is 20.2. The minimum Gasteiger partial charge on any atom is -0.756 e. The highest BCUT2D eigenvalue weighted by Crippen LogP contribution is 2.38. The molecule has 1 unspecified atom stereocenters. The summed E-state index contributed by atoms with van der Waals surface area (Å²) < 4.78 is 33.6. The van der Waals surface area contributed by atoms with Gasteiger partial charge in [-0.3, -0.25) is 4.57 Å². The number of nitrogens with zero attached hydrogens (tertiary/aromatic N) is 1. The Morgan fingerprint density at radius 3 is 1.90 bits per heavy atom. The van der Waals surface area contributed by atoms with Crippen LogP contribution in [0.2, 0.25) is 0 Å². The molecule has 0 aliphatic rings. The second kappa shape index (κ2) is 18.6. The molecule has 0 heterocycles. The van der Waals surface area contributed by atoms with Crippen LogP contribution in [0.4, 0.5) is 0 Å². The summed E-state index contributed by atoms with van der Waals surface area (Å²) in [5.74, 6) is 0. The molecule has 0 aromatic rings. The second-order valence-corrected chi connectivity index (χ2v) is 10.3. The van der Waals surface area contributed by atoms with Crippen LogP contribution in [0.3, 0.4) is 0 Å². The molecule has 0 bridgehead atoms. The van der Waals surface area contributed by atoms with Crippen LogP contribution in [0.25, 0.3) is 0 Å². The molecular weight excluding hydrogens is 405 g/mol. The van der Waals surface area contributed by atoms with Gasteiger partial charge in [0.1, 0.15) is 19.3 Å². The van der Waals surface area contributed by atoms with E-state index in [4.69, 9.17) is 18.5 Å². The van der Waals surface area contributed by atoms with Gasteiger partial charge in [0.2, 0.25) is 0 Å². The number of likely N-dealkylation sites (N-methyl/N-ethyl adjacent to an activating group) is 1. The third-order valence-corrected chi connectivity index (χ3v) is 5.74. The molecule has 2 atom stereocenters. The summed E-state index contributed by atoms with van der Waals surface area (Å²) in [6, 6.07) is 0. The number of unbranched alkanes of at least 4 members (excludes halogenated alkanes) is 9. The SMILES string of the molecule is CCCCCCCCCCCCOC[C@H](COP(=O)([O-])OCC[N+](C)(C)C)OCC. The van der Waals surface area contributed by atoms with Crippen LogP contribution in [0.1, 0.15) is 78.1 Å². The first kappa shape index (κ1) is 30.0. The third kappa shape index (κ3) is 21.2. The first-order valence-electron chi connectivity index (χ1n) is 11.8. The van der Waals surface area contributed by atoms with E-state index in [2.05, 4.69) is 6.92 Å². The maximum Gasteiger partial charge on any atom is 0.268 e. The molecule has 7 nitrogen and oxygen atoms in total. The Hall–Kier alpha value is -0.0100. The van der Waals surface area contributed by atoms with Crippen LogP contribution in [0, 0.1) is 0 Å². The highest BCUT2D eigenvalue weighted by molar-refractivity contribution is 7.45. The van der Waals surface area contributed by atoms with Crippen molar-refractivity contribution in [3.63, 3.8) is 0 Å². The van der Waals surface area contributed by atoms with Gasteiger partial charge in [-0.15, -0.1) is 0 Å². The van der Waals surface area contributed by atoms with Crippen molar-refractivity contribution < 1.29 is 32.5 Å². The number of rotatable bonds is 22. The van der Waals surface area contributed by atoms with Crippen LogP contribution in [0.5, 0.6) is 0 Å². The third-order valence-electron chi connectivity index (χ3n) is 4.78. The van der Waals surface area contributed by atoms with Crippen molar-refractivity contribution in [1.29, 1.82) is 0 Å². The highest BCUT2D eigenvalue weighted by atomic mass is 31.2. The molecule has 0 amide bonds. The molecule has 0 aliphatic carbocycles. The number of hydrogen-bond acceptors (Lipinski definition) is 6. The summed E-state index contributed by atoms with van der Waals surface area (Å²) in [6.07, 6.45) is 12.4. The van der Waals surface area contributed by atoms with Crippen molar-refractivity contribution in [2.24, 2.45) is 0 Å². The van der Waals surface area contributed by atoms with Crippen LogP contribution >= 0.6 is 7.82 Å². The molecule has 0 saturated carbocycles. The Balaban J connectivity index is 3.78. The standard InChI is InChI=1S/C22H48NO6P/c1-6-8-9-10-11-12-13-14-15-16-18-26-20-22(27-7-2)21-29-30(24,25)28-19-17-23(3,4)5/h22H,6-21H2,1-5H3/t22-/m1/s1. The van der Waals surface area contributed by atoms with Crippen LogP contribution in [-0.2, 0) is 23.1 Å². The minimum absolute atomic E-state index is 0.0863. The maximum absolute atomic E-state index is 11.9. The van der Waals surface area contributed by atoms with E-state index in [9.17, 15) is 9.46 Å². The van der Waals surface area contributed by atoms with E-state index in [1.165, 1.54) is 57.8 Å². The van der Waals surface area contributed by atoms with Gasteiger partial charge >= 0.3 is 0 Å². The number of hydrogen-bond donors (Lipinski definition) is 0. The summed E-state index contributed by atoms with van der Waals surface area (Å²) in [6.45, 7) is 6.16. The lowest BCUT2D eigenvalue weighted by atomic mass is 10.1. The fourth-order valence-electron chi connectivity index (χ4n) is 2.92. The van der Waals surface area contributed by atoms with Crippen molar-refractivity contribution in [2.45, 2.75) is 84.2 Å². The van der Waals surface area contributed by atoms with Gasteiger partial charge in [-0.1, -0.05) is 64.7 Å². The van der Waals surface area contributed by atoms with Crippen LogP contribution in [-0.4, -0.2) is 71.3 Å². The van der Waals surface area contributed by atoms with Gasteiger partial charge in [0.05, 0.1) is 34.4 Å². The molecule has 0 rings (SSSR count). The summed E-state index contributed by atoms with van der Waals surface area (Å²) in [5, 5.41) is 0. The summed E-state index contributed by atoms with van der Waals surface area (Å²) in [4.78, 5) is 11.9. The number of phosphoric ester groups is 1. The number of quaternary nitrogens is 1. The minimum atomic E-state index is -4.32. The smallest absolute Gasteiger partial charge is 0.268 e. The van der Waals surface area contributed by atoms with E-state index < -0.39 is 13.9 Å². The summed E-state index contributed by atoms with van der Waals surface area (Å²) in [5.41, 5.74) is 0. The lowest BCUT2D eigenvalue weighted by Crippen LogP contribution is -2.37. The molecule has 0 radical (unpaired) electrons. The van der Waals surface area contributed by atoms with E-state index in [1.807, 2.05) is 28.1 Å². The average molecular weight is 454 g/mol. The molecule has 0 saturated heterocycles. The number of ether oxygens (including phenoxy) is 2. The molecular formula is C22H48NO6P. The van der Waals surface area contributed by atoms with Gasteiger partial charge in [-0.2, -0.15) is 0 Å². The van der Waals surface area contributed by atoms with Crippen molar-refractivity contribution in [3.8, 4) is 0 Å². The normalized spacial score (nSPS) is 15.3. The maximum atomic E-state index is 11.9. The van der Waals surface area contributed by atoms with Crippen LogP contribution < -0.4 is 4.89 Å². The van der Waals surface area contributed by atoms with Crippen molar-refractivity contribution in [1.82, 2.24) is 0 Å². The Morgan fingerprint density at radius 2 is 1.37 bits per heavy atom. The average Bonchev–Trinajstić information content (AvgIpc) is 2.65. The fourth-order valence-corrected chi connectivity index (χ4v) is 3.65. The van der Waals surface area contributed by atoms with E-state index in [-0.39, 0.29) is 13.2 Å². The van der Waals surface area contributed by atoms with Gasteiger partial charge in [0, 0.05) is 13.2 Å². The van der Waals surface area contributed by atoms with E-state index in [0.717, 1.165) is 6.42 Å². The van der Waals surface area contributed by atoms with Crippen LogP contribution in [0.15, 0.2) is 0 Å². The molecule has 0 aromatic carbocycles. The molecule has 0 aliphatic heterocycles. The van der Waals surface area contributed by atoms with Gasteiger partial charge in [-0.25, -0.2) is 0 Å². The Kier molecular flexibility index (Phi) is 18.5. The number of phosphoric acid groups is 1. The predicted molar refractivity (Wildman–Crippen MR) is 120 cm³/mol. The Morgan fingerprint density at radius 1 is 0.800 bits per heavy atom. The van der Waals surface area contributed by atoms with E-state index >= 15 is 0 Å². The summed E-state index contributed by atoms with van der Waals surface area (Å²) >= 11 is 0. The van der Waals surface area contributed by atoms with E-state index in [0.29, 0.717) is 30.8 Å². The molecule has 8 heteroatoms. The Bertz CT molecular complexity index is 430. The molecule has 182 valence electrons. The quantitative estimate of drug-likeness (QED) is 0.136. The second-order valence-electron chi connectivity index (χ2n) is 8.92. The fraction of sp³-hybridized carbons (Fsp3) is 1.00. The highest BCUT2D eigenvalue weighted by Gasteiger charge is 2.17. The molecule has 0 aromatic heterocycles. The Labute approximate surface area is 185 Å². The topological polar surface area (TPSA) is 77.1 Å². The monoisotopic (exact) mass is 453 g/mol. The summed E-state index contributed by atoms with van der Waals surface area (Å²) in [7, 11) is 1.59.